The molecule has 1 heterocycles. The summed E-state index contributed by atoms with van der Waals surface area (Å²) in [5, 5.41) is 6.02. The van der Waals surface area contributed by atoms with Crippen LogP contribution in [0.15, 0.2) is 66.9 Å². The first-order valence-electron chi connectivity index (χ1n) is 8.76. The topological polar surface area (TPSA) is 76.1 Å². The van der Waals surface area contributed by atoms with Gasteiger partial charge >= 0.3 is 0 Å². The van der Waals surface area contributed by atoms with E-state index in [9.17, 15) is 4.79 Å². The predicted molar refractivity (Wildman–Crippen MR) is 105 cm³/mol. The van der Waals surface area contributed by atoms with Crippen molar-refractivity contribution in [3.05, 3.63) is 83.7 Å². The van der Waals surface area contributed by atoms with Gasteiger partial charge < -0.3 is 15.4 Å². The molecular weight excluding hydrogens is 340 g/mol. The van der Waals surface area contributed by atoms with E-state index in [1.54, 1.807) is 19.4 Å². The van der Waals surface area contributed by atoms with E-state index in [0.717, 1.165) is 17.7 Å². The third-order valence-electron chi connectivity index (χ3n) is 4.04. The molecule has 0 saturated heterocycles. The summed E-state index contributed by atoms with van der Waals surface area (Å²) in [4.78, 5) is 20.8. The van der Waals surface area contributed by atoms with Crippen LogP contribution < -0.4 is 15.4 Å². The van der Waals surface area contributed by atoms with Gasteiger partial charge in [-0.1, -0.05) is 42.5 Å². The molecule has 6 heteroatoms. The summed E-state index contributed by atoms with van der Waals surface area (Å²) in [7, 11) is 1.62. The molecule has 2 N–H and O–H groups in total. The molecule has 0 fully saturated rings. The van der Waals surface area contributed by atoms with Crippen LogP contribution in [0.25, 0.3) is 0 Å². The van der Waals surface area contributed by atoms with Gasteiger partial charge in [0.05, 0.1) is 7.11 Å². The number of nitrogens with zero attached hydrogens (tertiary/aromatic N) is 2. The lowest BCUT2D eigenvalue weighted by molar-refractivity contribution is 0.0946. The Morgan fingerprint density at radius 2 is 1.78 bits per heavy atom. The Hall–Kier alpha value is -3.41. The molecule has 3 aromatic rings. The van der Waals surface area contributed by atoms with Crippen molar-refractivity contribution in [2.24, 2.45) is 0 Å². The van der Waals surface area contributed by atoms with Crippen LogP contribution in [0.5, 0.6) is 5.75 Å². The number of ether oxygens (including phenoxy) is 1. The molecule has 0 aliphatic carbocycles. The van der Waals surface area contributed by atoms with Crippen LogP contribution in [0.2, 0.25) is 0 Å². The molecule has 6 nitrogen and oxygen atoms in total. The lowest BCUT2D eigenvalue weighted by Crippen LogP contribution is -2.24. The highest BCUT2D eigenvalue weighted by Crippen LogP contribution is 2.11. The third-order valence-corrected chi connectivity index (χ3v) is 4.04. The first-order valence-corrected chi connectivity index (χ1v) is 8.76. The molecule has 0 atom stereocenters. The van der Waals surface area contributed by atoms with Crippen molar-refractivity contribution < 1.29 is 9.53 Å². The minimum Gasteiger partial charge on any atom is -0.497 e. The summed E-state index contributed by atoms with van der Waals surface area (Å²) in [6, 6.07) is 19.3. The standard InChI is InChI=1S/C21H22N4O2/c1-27-18-9-7-17(8-10-18)15-24-20(26)19-12-14-23-21(25-19)22-13-11-16-5-3-2-4-6-16/h2-10,12,14H,11,13,15H2,1H3,(H,24,26)(H,22,23,25). The van der Waals surface area contributed by atoms with Gasteiger partial charge in [-0.2, -0.15) is 0 Å². The third kappa shape index (κ3) is 5.54. The Bertz CT molecular complexity index is 867. The van der Waals surface area contributed by atoms with Gasteiger partial charge in [-0.3, -0.25) is 4.79 Å². The second-order valence-corrected chi connectivity index (χ2v) is 5.96. The number of rotatable bonds is 8. The molecule has 0 spiro atoms. The number of amides is 1. The van der Waals surface area contributed by atoms with Gasteiger partial charge in [0.25, 0.3) is 5.91 Å². The average Bonchev–Trinajstić information content (AvgIpc) is 2.73. The van der Waals surface area contributed by atoms with E-state index in [0.29, 0.717) is 24.7 Å². The van der Waals surface area contributed by atoms with Crippen molar-refractivity contribution in [2.75, 3.05) is 19.0 Å². The van der Waals surface area contributed by atoms with Gasteiger partial charge in [-0.05, 0) is 35.7 Å². The summed E-state index contributed by atoms with van der Waals surface area (Å²) in [5.41, 5.74) is 2.55. The number of aromatic nitrogens is 2. The fourth-order valence-electron chi connectivity index (χ4n) is 2.55. The zero-order chi connectivity index (χ0) is 18.9. The van der Waals surface area contributed by atoms with Crippen molar-refractivity contribution in [3.8, 4) is 5.75 Å². The maximum absolute atomic E-state index is 12.3. The van der Waals surface area contributed by atoms with Crippen LogP contribution in [-0.2, 0) is 13.0 Å². The molecule has 1 amide bonds. The number of nitrogens with one attached hydrogen (secondary N) is 2. The van der Waals surface area contributed by atoms with E-state index in [2.05, 4.69) is 32.7 Å². The Balaban J connectivity index is 1.51. The minimum absolute atomic E-state index is 0.237. The van der Waals surface area contributed by atoms with Crippen LogP contribution in [0.4, 0.5) is 5.95 Å². The van der Waals surface area contributed by atoms with Gasteiger partial charge in [0, 0.05) is 19.3 Å². The highest BCUT2D eigenvalue weighted by Gasteiger charge is 2.08. The summed E-state index contributed by atoms with van der Waals surface area (Å²) >= 11 is 0. The first kappa shape index (κ1) is 18.4. The second-order valence-electron chi connectivity index (χ2n) is 5.96. The summed E-state index contributed by atoms with van der Waals surface area (Å²) in [6.45, 7) is 1.12. The smallest absolute Gasteiger partial charge is 0.270 e. The van der Waals surface area contributed by atoms with Crippen LogP contribution in [0.3, 0.4) is 0 Å². The highest BCUT2D eigenvalue weighted by molar-refractivity contribution is 5.92. The van der Waals surface area contributed by atoms with Crippen molar-refractivity contribution in [1.82, 2.24) is 15.3 Å². The summed E-state index contributed by atoms with van der Waals surface area (Å²) in [6.07, 6.45) is 2.44. The normalized spacial score (nSPS) is 10.3. The largest absolute Gasteiger partial charge is 0.497 e. The Kier molecular flexibility index (Phi) is 6.35. The molecule has 0 unspecified atom stereocenters. The van der Waals surface area contributed by atoms with Crippen molar-refractivity contribution >= 4 is 11.9 Å². The Morgan fingerprint density at radius 1 is 1.00 bits per heavy atom. The summed E-state index contributed by atoms with van der Waals surface area (Å²) in [5.74, 6) is 0.995. The summed E-state index contributed by atoms with van der Waals surface area (Å²) < 4.78 is 5.13. The quantitative estimate of drug-likeness (QED) is 0.644. The lowest BCUT2D eigenvalue weighted by atomic mass is 10.1. The Labute approximate surface area is 158 Å². The average molecular weight is 362 g/mol. The first-order chi connectivity index (χ1) is 13.2. The van der Waals surface area contributed by atoms with Gasteiger partial charge in [0.15, 0.2) is 0 Å². The van der Waals surface area contributed by atoms with Crippen molar-refractivity contribution in [3.63, 3.8) is 0 Å². The molecule has 0 aliphatic rings. The molecular formula is C21H22N4O2. The van der Waals surface area contributed by atoms with Crippen LogP contribution >= 0.6 is 0 Å². The van der Waals surface area contributed by atoms with E-state index < -0.39 is 0 Å². The molecule has 3 rings (SSSR count). The fourth-order valence-corrected chi connectivity index (χ4v) is 2.55. The van der Waals surface area contributed by atoms with Gasteiger partial charge in [0.2, 0.25) is 5.95 Å². The predicted octanol–water partition coefficient (Wildman–Crippen LogP) is 3.07. The Morgan fingerprint density at radius 3 is 2.52 bits per heavy atom. The SMILES string of the molecule is COc1ccc(CNC(=O)c2ccnc(NCCc3ccccc3)n2)cc1. The number of methoxy groups -OCH3 is 1. The van der Waals surface area contributed by atoms with E-state index in [-0.39, 0.29) is 5.91 Å². The number of hydrogen-bond donors (Lipinski definition) is 2. The van der Waals surface area contributed by atoms with Crippen LogP contribution in [0.1, 0.15) is 21.6 Å². The van der Waals surface area contributed by atoms with Crippen LogP contribution in [-0.4, -0.2) is 29.5 Å². The molecule has 138 valence electrons. The zero-order valence-electron chi connectivity index (χ0n) is 15.2. The van der Waals surface area contributed by atoms with Gasteiger partial charge in [-0.25, -0.2) is 9.97 Å². The number of carbonyl (C=O) groups is 1. The second kappa shape index (κ2) is 9.33. The fraction of sp³-hybridized carbons (Fsp3) is 0.190. The minimum atomic E-state index is -0.237. The monoisotopic (exact) mass is 362 g/mol. The number of hydrogen-bond acceptors (Lipinski definition) is 5. The maximum Gasteiger partial charge on any atom is 0.270 e. The molecule has 27 heavy (non-hydrogen) atoms. The molecule has 0 aliphatic heterocycles. The number of carbonyl (C=O) groups excluding carboxylic acids is 1. The van der Waals surface area contributed by atoms with E-state index in [1.807, 2.05) is 42.5 Å². The van der Waals surface area contributed by atoms with E-state index >= 15 is 0 Å². The lowest BCUT2D eigenvalue weighted by Gasteiger charge is -2.08. The molecule has 0 radical (unpaired) electrons. The molecule has 0 bridgehead atoms. The molecule has 0 saturated carbocycles. The van der Waals surface area contributed by atoms with Gasteiger partial charge in [0.1, 0.15) is 11.4 Å². The number of benzene rings is 2. The number of anilines is 1. The van der Waals surface area contributed by atoms with Crippen molar-refractivity contribution in [2.45, 2.75) is 13.0 Å². The van der Waals surface area contributed by atoms with Crippen molar-refractivity contribution in [1.29, 1.82) is 0 Å². The molecule has 1 aromatic heterocycles. The molecule has 2 aromatic carbocycles. The van der Waals surface area contributed by atoms with Crippen LogP contribution in [0, 0.1) is 0 Å². The van der Waals surface area contributed by atoms with E-state index in [4.69, 9.17) is 4.74 Å². The van der Waals surface area contributed by atoms with Gasteiger partial charge in [-0.15, -0.1) is 0 Å². The van der Waals surface area contributed by atoms with E-state index in [1.165, 1.54) is 5.56 Å². The highest BCUT2D eigenvalue weighted by atomic mass is 16.5. The maximum atomic E-state index is 12.3. The zero-order valence-corrected chi connectivity index (χ0v) is 15.2.